The van der Waals surface area contributed by atoms with Crippen molar-refractivity contribution in [2.45, 2.75) is 98.3 Å². The lowest BCUT2D eigenvalue weighted by Gasteiger charge is -2.34. The summed E-state index contributed by atoms with van der Waals surface area (Å²) in [4.78, 5) is 42.1. The SMILES string of the molecule is CCCCCCCN(C(=O)C(CO)NC(=O)OC(C)(C)C)C(C(=O)Nc1c(C)cccc1Cl)c1ccc(C)c(C)c1. The lowest BCUT2D eigenvalue weighted by Crippen LogP contribution is -2.54. The smallest absolute Gasteiger partial charge is 0.408 e. The molecule has 2 atom stereocenters. The van der Waals surface area contributed by atoms with Crippen LogP contribution in [0.2, 0.25) is 5.02 Å². The van der Waals surface area contributed by atoms with E-state index in [1.807, 2.05) is 45.0 Å². The molecule has 41 heavy (non-hydrogen) atoms. The molecule has 8 nitrogen and oxygen atoms in total. The predicted octanol–water partition coefficient (Wildman–Crippen LogP) is 6.63. The van der Waals surface area contributed by atoms with E-state index in [1.165, 1.54) is 4.90 Å². The number of aryl methyl sites for hydroxylation is 3. The van der Waals surface area contributed by atoms with E-state index in [0.29, 0.717) is 22.7 Å². The third-order valence-electron chi connectivity index (χ3n) is 6.83. The van der Waals surface area contributed by atoms with Crippen molar-refractivity contribution >= 4 is 35.2 Å². The molecule has 0 heterocycles. The fraction of sp³-hybridized carbons (Fsp3) is 0.531. The molecular formula is C32H46ClN3O5. The first kappa shape index (κ1) is 34.1. The molecule has 9 heteroatoms. The molecule has 2 unspecified atom stereocenters. The first-order valence-electron chi connectivity index (χ1n) is 14.3. The molecule has 0 aromatic heterocycles. The normalized spacial score (nSPS) is 12.8. The van der Waals surface area contributed by atoms with Crippen LogP contribution >= 0.6 is 11.6 Å². The Bertz CT molecular complexity index is 1170. The number of aliphatic hydroxyl groups is 1. The highest BCUT2D eigenvalue weighted by Gasteiger charge is 2.36. The second-order valence-electron chi connectivity index (χ2n) is 11.5. The van der Waals surface area contributed by atoms with Gasteiger partial charge in [-0.15, -0.1) is 0 Å². The van der Waals surface area contributed by atoms with E-state index in [2.05, 4.69) is 17.6 Å². The number of amides is 3. The quantitative estimate of drug-likeness (QED) is 0.228. The molecule has 0 radical (unpaired) electrons. The molecule has 226 valence electrons. The lowest BCUT2D eigenvalue weighted by atomic mass is 9.97. The Morgan fingerprint density at radius 2 is 1.66 bits per heavy atom. The van der Waals surface area contributed by atoms with Crippen LogP contribution in [0.3, 0.4) is 0 Å². The summed E-state index contributed by atoms with van der Waals surface area (Å²) in [6.07, 6.45) is 3.83. The predicted molar refractivity (Wildman–Crippen MR) is 164 cm³/mol. The summed E-state index contributed by atoms with van der Waals surface area (Å²) >= 11 is 6.44. The number of nitrogens with one attached hydrogen (secondary N) is 2. The van der Waals surface area contributed by atoms with E-state index >= 15 is 0 Å². The summed E-state index contributed by atoms with van der Waals surface area (Å²) in [6, 6.07) is 8.63. The summed E-state index contributed by atoms with van der Waals surface area (Å²) in [5.74, 6) is -1.02. The van der Waals surface area contributed by atoms with E-state index in [0.717, 1.165) is 42.4 Å². The number of nitrogens with zero attached hydrogens (tertiary/aromatic N) is 1. The number of hydrogen-bond acceptors (Lipinski definition) is 5. The topological polar surface area (TPSA) is 108 Å². The Morgan fingerprint density at radius 3 is 2.24 bits per heavy atom. The van der Waals surface area contributed by atoms with Crippen LogP contribution in [0.5, 0.6) is 0 Å². The number of unbranched alkanes of at least 4 members (excludes halogenated alkanes) is 4. The van der Waals surface area contributed by atoms with Gasteiger partial charge < -0.3 is 25.4 Å². The maximum atomic E-state index is 14.1. The largest absolute Gasteiger partial charge is 0.444 e. The number of rotatable bonds is 13. The van der Waals surface area contributed by atoms with Gasteiger partial charge in [0.25, 0.3) is 5.91 Å². The van der Waals surface area contributed by atoms with Gasteiger partial charge in [-0.25, -0.2) is 4.79 Å². The Hall–Kier alpha value is -3.10. The molecule has 0 fully saturated rings. The van der Waals surface area contributed by atoms with E-state index in [4.69, 9.17) is 16.3 Å². The number of carbonyl (C=O) groups excluding carboxylic acids is 3. The van der Waals surface area contributed by atoms with E-state index in [-0.39, 0.29) is 6.54 Å². The van der Waals surface area contributed by atoms with Gasteiger partial charge in [-0.2, -0.15) is 0 Å². The average molecular weight is 588 g/mol. The Labute approximate surface area is 249 Å². The van der Waals surface area contributed by atoms with Crippen LogP contribution in [0.1, 0.15) is 88.1 Å². The number of carbonyl (C=O) groups is 3. The highest BCUT2D eigenvalue weighted by molar-refractivity contribution is 6.34. The van der Waals surface area contributed by atoms with Crippen molar-refractivity contribution in [2.75, 3.05) is 18.5 Å². The molecule has 0 bridgehead atoms. The zero-order chi connectivity index (χ0) is 30.7. The molecule has 0 spiro atoms. The van der Waals surface area contributed by atoms with Gasteiger partial charge >= 0.3 is 6.09 Å². The number of para-hydroxylation sites is 1. The van der Waals surface area contributed by atoms with Crippen molar-refractivity contribution in [2.24, 2.45) is 0 Å². The molecule has 2 aromatic carbocycles. The molecular weight excluding hydrogens is 542 g/mol. The highest BCUT2D eigenvalue weighted by atomic mass is 35.5. The number of benzene rings is 2. The van der Waals surface area contributed by atoms with Crippen molar-refractivity contribution in [3.8, 4) is 0 Å². The molecule has 2 rings (SSSR count). The standard InChI is InChI=1S/C32H46ClN3O5/c1-8-9-10-11-12-18-36(30(39)26(20-37)34-31(40)41-32(5,6)7)28(24-17-16-21(2)23(4)19-24)29(38)35-27-22(3)14-13-15-25(27)33/h13-17,19,26,28,37H,8-12,18,20H2,1-7H3,(H,34,40)(H,35,38). The fourth-order valence-corrected chi connectivity index (χ4v) is 4.75. The third-order valence-corrected chi connectivity index (χ3v) is 7.15. The summed E-state index contributed by atoms with van der Waals surface area (Å²) < 4.78 is 5.33. The van der Waals surface area contributed by atoms with E-state index < -0.39 is 42.2 Å². The minimum atomic E-state index is -1.30. The van der Waals surface area contributed by atoms with Gasteiger partial charge in [0.1, 0.15) is 17.7 Å². The second-order valence-corrected chi connectivity index (χ2v) is 11.9. The zero-order valence-electron chi connectivity index (χ0n) is 25.5. The molecule has 3 amide bonds. The van der Waals surface area contributed by atoms with Crippen LogP contribution in [0.15, 0.2) is 36.4 Å². The number of alkyl carbamates (subject to hydrolysis) is 1. The molecule has 0 aliphatic rings. The number of anilines is 1. The van der Waals surface area contributed by atoms with Crippen molar-refractivity contribution in [3.63, 3.8) is 0 Å². The first-order valence-corrected chi connectivity index (χ1v) is 14.7. The van der Waals surface area contributed by atoms with Crippen molar-refractivity contribution < 1.29 is 24.2 Å². The summed E-state index contributed by atoms with van der Waals surface area (Å²) in [7, 11) is 0. The van der Waals surface area contributed by atoms with Crippen molar-refractivity contribution in [3.05, 3.63) is 63.7 Å². The monoisotopic (exact) mass is 587 g/mol. The zero-order valence-corrected chi connectivity index (χ0v) is 26.2. The Kier molecular flexibility index (Phi) is 13.1. The van der Waals surface area contributed by atoms with Gasteiger partial charge in [-0.3, -0.25) is 9.59 Å². The lowest BCUT2D eigenvalue weighted by molar-refractivity contribution is -0.141. The molecule has 3 N–H and O–H groups in total. The molecule has 0 aliphatic carbocycles. The minimum absolute atomic E-state index is 0.252. The molecule has 0 saturated heterocycles. The highest BCUT2D eigenvalue weighted by Crippen LogP contribution is 2.30. The number of hydrogen-bond donors (Lipinski definition) is 3. The van der Waals surface area contributed by atoms with Crippen LogP contribution in [-0.4, -0.2) is 52.7 Å². The van der Waals surface area contributed by atoms with Crippen LogP contribution in [0, 0.1) is 20.8 Å². The molecule has 2 aromatic rings. The van der Waals surface area contributed by atoms with Gasteiger partial charge in [0.2, 0.25) is 5.91 Å². The van der Waals surface area contributed by atoms with E-state index in [9.17, 15) is 19.5 Å². The van der Waals surface area contributed by atoms with Crippen molar-refractivity contribution in [1.82, 2.24) is 10.2 Å². The van der Waals surface area contributed by atoms with Gasteiger partial charge in [0, 0.05) is 6.54 Å². The maximum absolute atomic E-state index is 14.1. The molecule has 0 aliphatic heterocycles. The summed E-state index contributed by atoms with van der Waals surface area (Å²) in [6.45, 7) is 12.6. The second kappa shape index (κ2) is 15.8. The average Bonchev–Trinajstić information content (AvgIpc) is 2.89. The van der Waals surface area contributed by atoms with Gasteiger partial charge in [-0.1, -0.05) is 74.5 Å². The van der Waals surface area contributed by atoms with Gasteiger partial charge in [-0.05, 0) is 76.3 Å². The maximum Gasteiger partial charge on any atom is 0.408 e. The van der Waals surface area contributed by atoms with Crippen LogP contribution in [0.25, 0.3) is 0 Å². The third kappa shape index (κ3) is 10.3. The number of halogens is 1. The first-order chi connectivity index (χ1) is 19.3. The Balaban J connectivity index is 2.55. The van der Waals surface area contributed by atoms with Gasteiger partial charge in [0.15, 0.2) is 0 Å². The van der Waals surface area contributed by atoms with Gasteiger partial charge in [0.05, 0.1) is 17.3 Å². The van der Waals surface area contributed by atoms with Crippen LogP contribution < -0.4 is 10.6 Å². The number of ether oxygens (including phenoxy) is 1. The minimum Gasteiger partial charge on any atom is -0.444 e. The Morgan fingerprint density at radius 1 is 0.976 bits per heavy atom. The molecule has 0 saturated carbocycles. The van der Waals surface area contributed by atoms with E-state index in [1.54, 1.807) is 32.9 Å². The fourth-order valence-electron chi connectivity index (χ4n) is 4.48. The van der Waals surface area contributed by atoms with Crippen molar-refractivity contribution in [1.29, 1.82) is 0 Å². The number of aliphatic hydroxyl groups excluding tert-OH is 1. The van der Waals surface area contributed by atoms with Crippen LogP contribution in [0.4, 0.5) is 10.5 Å². The van der Waals surface area contributed by atoms with Crippen LogP contribution in [-0.2, 0) is 14.3 Å². The summed E-state index contributed by atoms with van der Waals surface area (Å²) in [5.41, 5.74) is 3.09. The summed E-state index contributed by atoms with van der Waals surface area (Å²) in [5, 5.41) is 16.0.